The van der Waals surface area contributed by atoms with Crippen molar-refractivity contribution in [3.8, 4) is 11.1 Å². The van der Waals surface area contributed by atoms with Crippen LogP contribution in [0.2, 0.25) is 0 Å². The van der Waals surface area contributed by atoms with Gasteiger partial charge < -0.3 is 10.2 Å². The molecule has 0 heterocycles. The Balaban J connectivity index is 0.000000232. The first-order chi connectivity index (χ1) is 8.61. The summed E-state index contributed by atoms with van der Waals surface area (Å²) in [5.74, 6) is -1.19. The highest BCUT2D eigenvalue weighted by Crippen LogP contribution is 2.17. The summed E-state index contributed by atoms with van der Waals surface area (Å²) in [6.45, 7) is 1.20. The molecule has 2 N–H and O–H groups in total. The summed E-state index contributed by atoms with van der Waals surface area (Å²) >= 11 is 0. The number of carbonyl (C=O) groups is 1. The van der Waals surface area contributed by atoms with Crippen LogP contribution in [0.15, 0.2) is 60.7 Å². The van der Waals surface area contributed by atoms with Gasteiger partial charge in [-0.05, 0) is 18.1 Å². The molecular weight excluding hydrogens is 228 g/mol. The van der Waals surface area contributed by atoms with Gasteiger partial charge in [-0.25, -0.2) is 4.79 Å². The lowest BCUT2D eigenvalue weighted by Crippen LogP contribution is -2.13. The molecule has 0 aromatic heterocycles. The Morgan fingerprint density at radius 2 is 1.17 bits per heavy atom. The molecule has 0 bridgehead atoms. The number of benzene rings is 2. The zero-order valence-corrected chi connectivity index (χ0v) is 10.2. The van der Waals surface area contributed by atoms with E-state index in [1.54, 1.807) is 0 Å². The van der Waals surface area contributed by atoms with Crippen LogP contribution in [0.5, 0.6) is 0 Å². The van der Waals surface area contributed by atoms with E-state index < -0.39 is 12.1 Å². The average Bonchev–Trinajstić information content (AvgIpc) is 2.41. The monoisotopic (exact) mass is 244 g/mol. The van der Waals surface area contributed by atoms with Gasteiger partial charge in [0.1, 0.15) is 6.10 Å². The SMILES string of the molecule is CC(O)C(=O)O.c1ccc(-c2ccccc2)cc1. The zero-order valence-electron chi connectivity index (χ0n) is 10.2. The van der Waals surface area contributed by atoms with Gasteiger partial charge in [-0.1, -0.05) is 60.7 Å². The first-order valence-corrected chi connectivity index (χ1v) is 5.62. The molecule has 0 saturated carbocycles. The molecule has 0 amide bonds. The third-order valence-electron chi connectivity index (χ3n) is 2.24. The molecule has 3 heteroatoms. The molecule has 2 aromatic carbocycles. The number of hydrogen-bond acceptors (Lipinski definition) is 2. The molecule has 0 aliphatic rings. The second-order valence-electron chi connectivity index (χ2n) is 3.75. The molecule has 2 aromatic rings. The average molecular weight is 244 g/mol. The second-order valence-corrected chi connectivity index (χ2v) is 3.75. The molecule has 0 aliphatic carbocycles. The van der Waals surface area contributed by atoms with Crippen LogP contribution in [0.25, 0.3) is 11.1 Å². The van der Waals surface area contributed by atoms with E-state index in [1.807, 2.05) is 12.1 Å². The first-order valence-electron chi connectivity index (χ1n) is 5.62. The Morgan fingerprint density at radius 3 is 1.39 bits per heavy atom. The highest BCUT2D eigenvalue weighted by molar-refractivity contribution is 5.71. The van der Waals surface area contributed by atoms with Crippen molar-refractivity contribution in [1.29, 1.82) is 0 Å². The summed E-state index contributed by atoms with van der Waals surface area (Å²) < 4.78 is 0. The van der Waals surface area contributed by atoms with Crippen LogP contribution in [0.4, 0.5) is 0 Å². The summed E-state index contributed by atoms with van der Waals surface area (Å²) in [7, 11) is 0. The second kappa shape index (κ2) is 7.25. The van der Waals surface area contributed by atoms with E-state index in [2.05, 4.69) is 48.5 Å². The van der Waals surface area contributed by atoms with Gasteiger partial charge >= 0.3 is 5.97 Å². The summed E-state index contributed by atoms with van der Waals surface area (Å²) in [5, 5.41) is 15.8. The lowest BCUT2D eigenvalue weighted by Gasteiger charge is -1.98. The van der Waals surface area contributed by atoms with Crippen molar-refractivity contribution in [1.82, 2.24) is 0 Å². The molecule has 0 saturated heterocycles. The Hall–Kier alpha value is -2.13. The van der Waals surface area contributed by atoms with Gasteiger partial charge in [0.2, 0.25) is 0 Å². The predicted molar refractivity (Wildman–Crippen MR) is 71.2 cm³/mol. The van der Waals surface area contributed by atoms with Crippen molar-refractivity contribution in [3.05, 3.63) is 60.7 Å². The van der Waals surface area contributed by atoms with Crippen LogP contribution in [0, 0.1) is 0 Å². The van der Waals surface area contributed by atoms with Gasteiger partial charge in [0.25, 0.3) is 0 Å². The van der Waals surface area contributed by atoms with E-state index in [0.717, 1.165) is 0 Å². The standard InChI is InChI=1S/C12H10.C3H6O3/c1-3-7-11(8-4-1)12-9-5-2-6-10-12;1-2(4)3(5)6/h1-10H;2,4H,1H3,(H,5,6). The molecule has 0 fully saturated rings. The topological polar surface area (TPSA) is 57.5 Å². The third-order valence-corrected chi connectivity index (χ3v) is 2.24. The van der Waals surface area contributed by atoms with Crippen LogP contribution in [0.1, 0.15) is 6.92 Å². The van der Waals surface area contributed by atoms with Crippen LogP contribution in [0.3, 0.4) is 0 Å². The maximum atomic E-state index is 9.45. The van der Waals surface area contributed by atoms with E-state index >= 15 is 0 Å². The highest BCUT2D eigenvalue weighted by Gasteiger charge is 2.01. The van der Waals surface area contributed by atoms with Crippen molar-refractivity contribution in [2.45, 2.75) is 13.0 Å². The molecule has 0 spiro atoms. The Kier molecular flexibility index (Phi) is 5.61. The molecule has 0 aliphatic heterocycles. The van der Waals surface area contributed by atoms with E-state index in [9.17, 15) is 4.79 Å². The molecule has 1 unspecified atom stereocenters. The Labute approximate surface area is 106 Å². The Morgan fingerprint density at radius 1 is 0.889 bits per heavy atom. The van der Waals surface area contributed by atoms with Gasteiger partial charge in [-0.2, -0.15) is 0 Å². The van der Waals surface area contributed by atoms with E-state index in [4.69, 9.17) is 10.2 Å². The number of carboxylic acid groups (broad SMARTS) is 1. The summed E-state index contributed by atoms with van der Waals surface area (Å²) in [6.07, 6.45) is -1.23. The van der Waals surface area contributed by atoms with Gasteiger partial charge in [0, 0.05) is 0 Å². The van der Waals surface area contributed by atoms with E-state index in [0.29, 0.717) is 0 Å². The largest absolute Gasteiger partial charge is 0.479 e. The predicted octanol–water partition coefficient (Wildman–Crippen LogP) is 2.81. The first kappa shape index (κ1) is 13.9. The minimum Gasteiger partial charge on any atom is -0.479 e. The summed E-state index contributed by atoms with van der Waals surface area (Å²) in [5.41, 5.74) is 2.55. The van der Waals surface area contributed by atoms with Gasteiger partial charge in [0.15, 0.2) is 0 Å². The number of hydrogen-bond donors (Lipinski definition) is 2. The molecule has 1 atom stereocenters. The smallest absolute Gasteiger partial charge is 0.332 e. The summed E-state index contributed by atoms with van der Waals surface area (Å²) in [4.78, 5) is 9.45. The molecular formula is C15H16O3. The van der Waals surface area contributed by atoms with Crippen molar-refractivity contribution >= 4 is 5.97 Å². The number of aliphatic hydroxyl groups is 1. The molecule has 18 heavy (non-hydrogen) atoms. The number of rotatable bonds is 2. The minimum absolute atomic E-state index is 1.19. The molecule has 94 valence electrons. The zero-order chi connectivity index (χ0) is 13.4. The van der Waals surface area contributed by atoms with Crippen LogP contribution in [-0.4, -0.2) is 22.3 Å². The number of aliphatic hydroxyl groups excluding tert-OH is 1. The lowest BCUT2D eigenvalue weighted by atomic mass is 10.1. The van der Waals surface area contributed by atoms with Gasteiger partial charge in [-0.3, -0.25) is 0 Å². The number of aliphatic carboxylic acids is 1. The normalized spacial score (nSPS) is 11.0. The fourth-order valence-electron chi connectivity index (χ4n) is 1.26. The van der Waals surface area contributed by atoms with Crippen molar-refractivity contribution in [2.24, 2.45) is 0 Å². The maximum absolute atomic E-state index is 9.45. The molecule has 0 radical (unpaired) electrons. The third kappa shape index (κ3) is 4.80. The van der Waals surface area contributed by atoms with E-state index in [1.165, 1.54) is 18.1 Å². The van der Waals surface area contributed by atoms with Gasteiger partial charge in [0.05, 0.1) is 0 Å². The maximum Gasteiger partial charge on any atom is 0.332 e. The summed E-state index contributed by atoms with van der Waals surface area (Å²) in [6, 6.07) is 20.8. The number of carboxylic acids is 1. The van der Waals surface area contributed by atoms with Crippen LogP contribution >= 0.6 is 0 Å². The molecule has 3 nitrogen and oxygen atoms in total. The van der Waals surface area contributed by atoms with Crippen LogP contribution in [-0.2, 0) is 4.79 Å². The van der Waals surface area contributed by atoms with E-state index in [-0.39, 0.29) is 0 Å². The van der Waals surface area contributed by atoms with Crippen molar-refractivity contribution < 1.29 is 15.0 Å². The van der Waals surface area contributed by atoms with Crippen LogP contribution < -0.4 is 0 Å². The molecule has 2 rings (SSSR count). The fourth-order valence-corrected chi connectivity index (χ4v) is 1.26. The quantitative estimate of drug-likeness (QED) is 0.854. The fraction of sp³-hybridized carbons (Fsp3) is 0.133. The Bertz CT molecular complexity index is 426. The van der Waals surface area contributed by atoms with Crippen molar-refractivity contribution in [3.63, 3.8) is 0 Å². The van der Waals surface area contributed by atoms with Crippen molar-refractivity contribution in [2.75, 3.05) is 0 Å². The van der Waals surface area contributed by atoms with Gasteiger partial charge in [-0.15, -0.1) is 0 Å². The lowest BCUT2D eigenvalue weighted by molar-refractivity contribution is -0.145. The highest BCUT2D eigenvalue weighted by atomic mass is 16.4. The minimum atomic E-state index is -1.23.